The molecule has 5 heteroatoms. The number of rotatable bonds is 11. The number of ether oxygens (including phenoxy) is 1. The van der Waals surface area contributed by atoms with Gasteiger partial charge in [-0.3, -0.25) is 0 Å². The standard InChI is InChI=1S/C13H26F3NO/c1-3-4-10-18-11-6-9-17-12(2)7-5-8-13(14,15)16/h12,17H,3-11H2,1-2H3. The Kier molecular flexibility index (Phi) is 10.4. The summed E-state index contributed by atoms with van der Waals surface area (Å²) in [4.78, 5) is 0. The summed E-state index contributed by atoms with van der Waals surface area (Å²) in [5, 5.41) is 3.21. The molecule has 0 spiro atoms. The predicted molar refractivity (Wildman–Crippen MR) is 67.7 cm³/mol. The lowest BCUT2D eigenvalue weighted by Crippen LogP contribution is -2.28. The molecule has 0 aromatic carbocycles. The molecular formula is C13H26F3NO. The van der Waals surface area contributed by atoms with E-state index < -0.39 is 12.6 Å². The van der Waals surface area contributed by atoms with Crippen LogP contribution < -0.4 is 5.32 Å². The lowest BCUT2D eigenvalue weighted by Gasteiger charge is -2.14. The smallest absolute Gasteiger partial charge is 0.381 e. The average molecular weight is 269 g/mol. The minimum Gasteiger partial charge on any atom is -0.381 e. The summed E-state index contributed by atoms with van der Waals surface area (Å²) in [6, 6.07) is 0.142. The van der Waals surface area contributed by atoms with Crippen LogP contribution in [-0.2, 0) is 4.74 Å². The molecule has 0 rings (SSSR count). The highest BCUT2D eigenvalue weighted by Crippen LogP contribution is 2.22. The van der Waals surface area contributed by atoms with Crippen LogP contribution >= 0.6 is 0 Å². The van der Waals surface area contributed by atoms with E-state index in [1.807, 2.05) is 6.92 Å². The molecule has 0 fully saturated rings. The number of hydrogen-bond donors (Lipinski definition) is 1. The molecule has 0 aromatic heterocycles. The summed E-state index contributed by atoms with van der Waals surface area (Å²) >= 11 is 0. The van der Waals surface area contributed by atoms with Crippen molar-refractivity contribution in [3.8, 4) is 0 Å². The van der Waals surface area contributed by atoms with Gasteiger partial charge in [0.05, 0.1) is 0 Å². The van der Waals surface area contributed by atoms with Gasteiger partial charge in [-0.25, -0.2) is 0 Å². The van der Waals surface area contributed by atoms with E-state index in [4.69, 9.17) is 4.74 Å². The van der Waals surface area contributed by atoms with E-state index in [9.17, 15) is 13.2 Å². The average Bonchev–Trinajstić information content (AvgIpc) is 2.26. The number of halogens is 3. The van der Waals surface area contributed by atoms with E-state index in [1.54, 1.807) is 0 Å². The second-order valence-electron chi connectivity index (χ2n) is 4.68. The van der Waals surface area contributed by atoms with Gasteiger partial charge in [0.15, 0.2) is 0 Å². The van der Waals surface area contributed by atoms with Gasteiger partial charge < -0.3 is 10.1 Å². The number of alkyl halides is 3. The molecule has 0 amide bonds. The van der Waals surface area contributed by atoms with E-state index in [-0.39, 0.29) is 12.5 Å². The maximum absolute atomic E-state index is 11.9. The van der Waals surface area contributed by atoms with Gasteiger partial charge in [0.25, 0.3) is 0 Å². The van der Waals surface area contributed by atoms with Crippen LogP contribution in [0.25, 0.3) is 0 Å². The van der Waals surface area contributed by atoms with Crippen molar-refractivity contribution in [1.82, 2.24) is 5.32 Å². The molecule has 0 saturated heterocycles. The van der Waals surface area contributed by atoms with Crippen LogP contribution in [0.15, 0.2) is 0 Å². The van der Waals surface area contributed by atoms with Crippen molar-refractivity contribution in [2.75, 3.05) is 19.8 Å². The Morgan fingerprint density at radius 2 is 1.78 bits per heavy atom. The molecule has 0 bridgehead atoms. The molecule has 18 heavy (non-hydrogen) atoms. The summed E-state index contributed by atoms with van der Waals surface area (Å²) in [5.74, 6) is 0. The molecule has 0 aliphatic rings. The quantitative estimate of drug-likeness (QED) is 0.574. The topological polar surface area (TPSA) is 21.3 Å². The molecule has 0 aromatic rings. The zero-order chi connectivity index (χ0) is 13.9. The van der Waals surface area contributed by atoms with E-state index in [1.165, 1.54) is 0 Å². The van der Waals surface area contributed by atoms with E-state index >= 15 is 0 Å². The van der Waals surface area contributed by atoms with Crippen molar-refractivity contribution >= 4 is 0 Å². The Hall–Kier alpha value is -0.290. The van der Waals surface area contributed by atoms with Crippen LogP contribution in [0.3, 0.4) is 0 Å². The molecule has 2 nitrogen and oxygen atoms in total. The Morgan fingerprint density at radius 3 is 2.39 bits per heavy atom. The second kappa shape index (κ2) is 10.6. The Morgan fingerprint density at radius 1 is 1.11 bits per heavy atom. The van der Waals surface area contributed by atoms with Crippen LogP contribution in [0.5, 0.6) is 0 Å². The minimum atomic E-state index is -4.02. The number of nitrogens with one attached hydrogen (secondary N) is 1. The van der Waals surface area contributed by atoms with Gasteiger partial charge in [0, 0.05) is 25.7 Å². The van der Waals surface area contributed by atoms with Crippen molar-refractivity contribution in [2.45, 2.75) is 64.6 Å². The minimum absolute atomic E-state index is 0.142. The van der Waals surface area contributed by atoms with E-state index in [0.717, 1.165) is 39.0 Å². The first-order valence-corrected chi connectivity index (χ1v) is 6.83. The van der Waals surface area contributed by atoms with E-state index in [2.05, 4.69) is 12.2 Å². The summed E-state index contributed by atoms with van der Waals surface area (Å²) in [6.45, 7) is 6.38. The highest BCUT2D eigenvalue weighted by Gasteiger charge is 2.26. The summed E-state index contributed by atoms with van der Waals surface area (Å²) in [6.07, 6.45) is -0.810. The van der Waals surface area contributed by atoms with Crippen LogP contribution in [-0.4, -0.2) is 32.0 Å². The Balaban J connectivity index is 3.24. The first-order valence-electron chi connectivity index (χ1n) is 6.83. The Bertz CT molecular complexity index is 186. The predicted octanol–water partition coefficient (Wildman–Crippen LogP) is 3.90. The van der Waals surface area contributed by atoms with Crippen molar-refractivity contribution in [2.24, 2.45) is 0 Å². The monoisotopic (exact) mass is 269 g/mol. The third-order valence-electron chi connectivity index (χ3n) is 2.70. The van der Waals surface area contributed by atoms with Crippen LogP contribution in [0, 0.1) is 0 Å². The molecule has 1 atom stereocenters. The fourth-order valence-corrected chi connectivity index (χ4v) is 1.58. The normalized spacial score (nSPS) is 13.8. The zero-order valence-electron chi connectivity index (χ0n) is 11.5. The first-order chi connectivity index (χ1) is 8.45. The first kappa shape index (κ1) is 17.7. The fraction of sp³-hybridized carbons (Fsp3) is 1.00. The maximum atomic E-state index is 11.9. The van der Waals surface area contributed by atoms with Crippen molar-refractivity contribution in [1.29, 1.82) is 0 Å². The third-order valence-corrected chi connectivity index (χ3v) is 2.70. The van der Waals surface area contributed by atoms with Crippen molar-refractivity contribution in [3.63, 3.8) is 0 Å². The molecule has 0 heterocycles. The summed E-state index contributed by atoms with van der Waals surface area (Å²) in [5.41, 5.74) is 0. The number of hydrogen-bond acceptors (Lipinski definition) is 2. The molecule has 0 radical (unpaired) electrons. The van der Waals surface area contributed by atoms with Crippen LogP contribution in [0.2, 0.25) is 0 Å². The SMILES string of the molecule is CCCCOCCCNC(C)CCCC(F)(F)F. The van der Waals surface area contributed by atoms with Gasteiger partial charge in [-0.15, -0.1) is 0 Å². The van der Waals surface area contributed by atoms with Crippen LogP contribution in [0.4, 0.5) is 13.2 Å². The molecule has 0 saturated carbocycles. The van der Waals surface area contributed by atoms with Crippen molar-refractivity contribution in [3.05, 3.63) is 0 Å². The van der Waals surface area contributed by atoms with Gasteiger partial charge in [-0.2, -0.15) is 13.2 Å². The van der Waals surface area contributed by atoms with E-state index in [0.29, 0.717) is 6.42 Å². The molecule has 1 unspecified atom stereocenters. The van der Waals surface area contributed by atoms with Gasteiger partial charge in [-0.05, 0) is 39.2 Å². The fourth-order valence-electron chi connectivity index (χ4n) is 1.58. The molecule has 0 aliphatic heterocycles. The lowest BCUT2D eigenvalue weighted by atomic mass is 10.1. The molecule has 1 N–H and O–H groups in total. The molecule has 110 valence electrons. The van der Waals surface area contributed by atoms with Crippen molar-refractivity contribution < 1.29 is 17.9 Å². The molecular weight excluding hydrogens is 243 g/mol. The number of unbranched alkanes of at least 4 members (excludes halogenated alkanes) is 1. The van der Waals surface area contributed by atoms with Crippen LogP contribution in [0.1, 0.15) is 52.4 Å². The van der Waals surface area contributed by atoms with Gasteiger partial charge in [0.2, 0.25) is 0 Å². The van der Waals surface area contributed by atoms with Gasteiger partial charge in [-0.1, -0.05) is 13.3 Å². The van der Waals surface area contributed by atoms with Gasteiger partial charge >= 0.3 is 6.18 Å². The highest BCUT2D eigenvalue weighted by molar-refractivity contribution is 4.62. The zero-order valence-corrected chi connectivity index (χ0v) is 11.5. The third kappa shape index (κ3) is 13.8. The highest BCUT2D eigenvalue weighted by atomic mass is 19.4. The largest absolute Gasteiger partial charge is 0.389 e. The summed E-state index contributed by atoms with van der Waals surface area (Å²) in [7, 11) is 0. The Labute approximate surface area is 108 Å². The van der Waals surface area contributed by atoms with Gasteiger partial charge in [0.1, 0.15) is 0 Å². The lowest BCUT2D eigenvalue weighted by molar-refractivity contribution is -0.135. The molecule has 0 aliphatic carbocycles. The second-order valence-corrected chi connectivity index (χ2v) is 4.68. The summed E-state index contributed by atoms with van der Waals surface area (Å²) < 4.78 is 41.2. The maximum Gasteiger partial charge on any atom is 0.389 e.